The van der Waals surface area contributed by atoms with Gasteiger partial charge in [-0.25, -0.2) is 8.78 Å². The van der Waals surface area contributed by atoms with Crippen molar-refractivity contribution in [1.29, 1.82) is 0 Å². The second-order valence-electron chi connectivity index (χ2n) is 4.69. The smallest absolute Gasteiger partial charge is 0.271 e. The first-order valence-electron chi connectivity index (χ1n) is 6.32. The maximum Gasteiger partial charge on any atom is 0.271 e. The lowest BCUT2D eigenvalue weighted by molar-refractivity contribution is 0.0937. The van der Waals surface area contributed by atoms with E-state index in [4.69, 9.17) is 0 Å². The van der Waals surface area contributed by atoms with Crippen molar-refractivity contribution in [3.05, 3.63) is 47.7 Å². The third-order valence-corrected chi connectivity index (χ3v) is 2.51. The van der Waals surface area contributed by atoms with Gasteiger partial charge in [-0.2, -0.15) is 0 Å². The number of benzene rings is 1. The molecule has 1 aromatic heterocycles. The number of anilines is 2. The molecule has 0 aliphatic rings. The van der Waals surface area contributed by atoms with Crippen LogP contribution >= 0.6 is 0 Å². The van der Waals surface area contributed by atoms with Crippen molar-refractivity contribution in [2.75, 3.05) is 5.32 Å². The number of rotatable bonds is 4. The molecule has 2 N–H and O–H groups in total. The molecule has 2 rings (SSSR count). The second kappa shape index (κ2) is 6.25. The number of nitrogens with one attached hydrogen (secondary N) is 2. The van der Waals surface area contributed by atoms with Gasteiger partial charge in [0, 0.05) is 17.8 Å². The van der Waals surface area contributed by atoms with Gasteiger partial charge in [0.1, 0.15) is 0 Å². The van der Waals surface area contributed by atoms with Crippen LogP contribution in [0.1, 0.15) is 24.3 Å². The van der Waals surface area contributed by atoms with Crippen LogP contribution in [0.25, 0.3) is 0 Å². The van der Waals surface area contributed by atoms with Crippen LogP contribution < -0.4 is 10.6 Å². The molecule has 0 aliphatic carbocycles. The summed E-state index contributed by atoms with van der Waals surface area (Å²) in [7, 11) is 0. The van der Waals surface area contributed by atoms with Crippen LogP contribution in [-0.4, -0.2) is 22.1 Å². The van der Waals surface area contributed by atoms with Crippen LogP contribution in [0.5, 0.6) is 0 Å². The molecule has 0 spiro atoms. The maximum absolute atomic E-state index is 13.1. The van der Waals surface area contributed by atoms with E-state index in [0.29, 0.717) is 11.5 Å². The number of carbonyl (C=O) groups excluding carboxylic acids is 1. The van der Waals surface area contributed by atoms with E-state index in [1.807, 2.05) is 13.8 Å². The average Bonchev–Trinajstić information content (AvgIpc) is 2.43. The first-order valence-corrected chi connectivity index (χ1v) is 6.32. The Morgan fingerprint density at radius 3 is 2.43 bits per heavy atom. The van der Waals surface area contributed by atoms with Gasteiger partial charge in [0.15, 0.2) is 23.1 Å². The molecule has 110 valence electrons. The maximum atomic E-state index is 13.1. The lowest BCUT2D eigenvalue weighted by Gasteiger charge is -2.08. The molecular weight excluding hydrogens is 278 g/mol. The molecule has 0 bridgehead atoms. The predicted molar refractivity (Wildman–Crippen MR) is 74.3 cm³/mol. The molecule has 21 heavy (non-hydrogen) atoms. The minimum Gasteiger partial charge on any atom is -0.348 e. The molecule has 5 nitrogen and oxygen atoms in total. The fraction of sp³-hybridized carbons (Fsp3) is 0.214. The Bertz CT molecular complexity index is 644. The molecule has 2 aromatic rings. The van der Waals surface area contributed by atoms with E-state index in [9.17, 15) is 13.6 Å². The Morgan fingerprint density at radius 2 is 1.86 bits per heavy atom. The summed E-state index contributed by atoms with van der Waals surface area (Å²) in [5.41, 5.74) is 0.516. The molecule has 0 radical (unpaired) electrons. The van der Waals surface area contributed by atoms with Crippen LogP contribution in [-0.2, 0) is 0 Å². The Balaban J connectivity index is 2.08. The van der Waals surface area contributed by atoms with Crippen molar-refractivity contribution < 1.29 is 13.6 Å². The third-order valence-electron chi connectivity index (χ3n) is 2.51. The van der Waals surface area contributed by atoms with Gasteiger partial charge < -0.3 is 10.6 Å². The van der Waals surface area contributed by atoms with Gasteiger partial charge in [-0.3, -0.25) is 4.79 Å². The van der Waals surface area contributed by atoms with Crippen LogP contribution in [0.4, 0.5) is 20.3 Å². The zero-order valence-corrected chi connectivity index (χ0v) is 11.5. The molecular formula is C14H14F2N4O. The molecule has 1 heterocycles. The summed E-state index contributed by atoms with van der Waals surface area (Å²) in [6, 6.07) is 6.42. The summed E-state index contributed by atoms with van der Waals surface area (Å²) in [6.07, 6.45) is 0. The summed E-state index contributed by atoms with van der Waals surface area (Å²) < 4.78 is 25.9. The van der Waals surface area contributed by atoms with Crippen LogP contribution in [0.2, 0.25) is 0 Å². The summed E-state index contributed by atoms with van der Waals surface area (Å²) >= 11 is 0. The monoisotopic (exact) mass is 292 g/mol. The van der Waals surface area contributed by atoms with Gasteiger partial charge in [-0.1, -0.05) is 0 Å². The Labute approximate surface area is 120 Å². The Hall–Kier alpha value is -2.57. The first kappa shape index (κ1) is 14.8. The van der Waals surface area contributed by atoms with Crippen molar-refractivity contribution in [1.82, 2.24) is 15.5 Å². The molecule has 7 heteroatoms. The summed E-state index contributed by atoms with van der Waals surface area (Å²) in [6.45, 7) is 3.68. The SMILES string of the molecule is CC(C)NC(=O)c1ccc(Nc2ccc(F)c(F)c2)nn1. The van der Waals surface area contributed by atoms with E-state index < -0.39 is 11.6 Å². The van der Waals surface area contributed by atoms with E-state index in [2.05, 4.69) is 20.8 Å². The minimum atomic E-state index is -0.958. The molecule has 0 fully saturated rings. The molecule has 0 unspecified atom stereocenters. The highest BCUT2D eigenvalue weighted by Crippen LogP contribution is 2.17. The zero-order valence-electron chi connectivity index (χ0n) is 11.5. The van der Waals surface area contributed by atoms with Gasteiger partial charge >= 0.3 is 0 Å². The van der Waals surface area contributed by atoms with Gasteiger partial charge in [-0.15, -0.1) is 10.2 Å². The van der Waals surface area contributed by atoms with Crippen molar-refractivity contribution in [2.24, 2.45) is 0 Å². The van der Waals surface area contributed by atoms with Gasteiger partial charge in [0.25, 0.3) is 5.91 Å². The Kier molecular flexibility index (Phi) is 4.42. The predicted octanol–water partition coefficient (Wildman–Crippen LogP) is 2.64. The quantitative estimate of drug-likeness (QED) is 0.909. The normalized spacial score (nSPS) is 10.5. The Morgan fingerprint density at radius 1 is 1.10 bits per heavy atom. The standard InChI is InChI=1S/C14H14F2N4O/c1-8(2)17-14(21)12-5-6-13(20-19-12)18-9-3-4-10(15)11(16)7-9/h3-8H,1-2H3,(H,17,21)(H,18,20). The van der Waals surface area contributed by atoms with Gasteiger partial charge in [-0.05, 0) is 38.1 Å². The zero-order chi connectivity index (χ0) is 15.4. The number of aromatic nitrogens is 2. The number of halogens is 2. The number of amides is 1. The van der Waals surface area contributed by atoms with Crippen molar-refractivity contribution in [2.45, 2.75) is 19.9 Å². The largest absolute Gasteiger partial charge is 0.348 e. The summed E-state index contributed by atoms with van der Waals surface area (Å²) in [4.78, 5) is 11.7. The fourth-order valence-electron chi connectivity index (χ4n) is 1.58. The topological polar surface area (TPSA) is 66.9 Å². The van der Waals surface area contributed by atoms with Crippen LogP contribution in [0.15, 0.2) is 30.3 Å². The molecule has 0 saturated carbocycles. The summed E-state index contributed by atoms with van der Waals surface area (Å²) in [5, 5.41) is 13.0. The molecule has 0 aliphatic heterocycles. The fourth-order valence-corrected chi connectivity index (χ4v) is 1.58. The summed E-state index contributed by atoms with van der Waals surface area (Å²) in [5.74, 6) is -1.88. The van der Waals surface area contributed by atoms with E-state index in [-0.39, 0.29) is 17.6 Å². The lowest BCUT2D eigenvalue weighted by Crippen LogP contribution is -2.30. The van der Waals surface area contributed by atoms with Crippen molar-refractivity contribution in [3.8, 4) is 0 Å². The number of nitrogens with zero attached hydrogens (tertiary/aromatic N) is 2. The van der Waals surface area contributed by atoms with E-state index in [1.165, 1.54) is 18.2 Å². The highest BCUT2D eigenvalue weighted by molar-refractivity contribution is 5.92. The first-order chi connectivity index (χ1) is 9.95. The number of hydrogen-bond donors (Lipinski definition) is 2. The molecule has 0 saturated heterocycles. The van der Waals surface area contributed by atoms with Crippen molar-refractivity contribution >= 4 is 17.4 Å². The highest BCUT2D eigenvalue weighted by atomic mass is 19.2. The number of carbonyl (C=O) groups is 1. The van der Waals surface area contributed by atoms with E-state index in [0.717, 1.165) is 12.1 Å². The van der Waals surface area contributed by atoms with E-state index >= 15 is 0 Å². The van der Waals surface area contributed by atoms with Crippen LogP contribution in [0.3, 0.4) is 0 Å². The van der Waals surface area contributed by atoms with Crippen LogP contribution in [0, 0.1) is 11.6 Å². The third kappa shape index (κ3) is 3.95. The van der Waals surface area contributed by atoms with Gasteiger partial charge in [0.2, 0.25) is 0 Å². The molecule has 1 aromatic carbocycles. The molecule has 0 atom stereocenters. The highest BCUT2D eigenvalue weighted by Gasteiger charge is 2.09. The minimum absolute atomic E-state index is 0.000656. The lowest BCUT2D eigenvalue weighted by atomic mass is 10.3. The molecule has 1 amide bonds. The average molecular weight is 292 g/mol. The number of hydrogen-bond acceptors (Lipinski definition) is 4. The van der Waals surface area contributed by atoms with E-state index in [1.54, 1.807) is 0 Å². The second-order valence-corrected chi connectivity index (χ2v) is 4.69. The van der Waals surface area contributed by atoms with Crippen molar-refractivity contribution in [3.63, 3.8) is 0 Å². The van der Waals surface area contributed by atoms with Gasteiger partial charge in [0.05, 0.1) is 0 Å².